The molecule has 2 N–H and O–H groups in total. The first-order chi connectivity index (χ1) is 14.0. The number of rotatable bonds is 6. The average Bonchev–Trinajstić information content (AvgIpc) is 3.15. The van der Waals surface area contributed by atoms with Crippen molar-refractivity contribution in [1.82, 2.24) is 10.2 Å². The van der Waals surface area contributed by atoms with E-state index in [2.05, 4.69) is 24.5 Å². The molecule has 2 fully saturated rings. The summed E-state index contributed by atoms with van der Waals surface area (Å²) in [4.78, 5) is 40.8. The van der Waals surface area contributed by atoms with Crippen LogP contribution in [0, 0.1) is 5.92 Å². The summed E-state index contributed by atoms with van der Waals surface area (Å²) in [6, 6.07) is 7.17. The molecule has 0 aromatic heterocycles. The van der Waals surface area contributed by atoms with Crippen LogP contribution in [0.3, 0.4) is 0 Å². The normalized spacial score (nSPS) is 17.7. The predicted molar refractivity (Wildman–Crippen MR) is 114 cm³/mol. The van der Waals surface area contributed by atoms with Crippen LogP contribution in [0.1, 0.15) is 52.4 Å². The zero-order valence-corrected chi connectivity index (χ0v) is 17.4. The molecule has 0 aliphatic carbocycles. The molecule has 0 saturated carbocycles. The number of carbonyl (C=O) groups excluding carboxylic acids is 3. The lowest BCUT2D eigenvalue weighted by Gasteiger charge is -2.34. The molecule has 7 nitrogen and oxygen atoms in total. The quantitative estimate of drug-likeness (QED) is 0.768. The number of carbonyl (C=O) groups is 3. The molecule has 29 heavy (non-hydrogen) atoms. The van der Waals surface area contributed by atoms with Gasteiger partial charge in [0.2, 0.25) is 11.8 Å². The highest BCUT2D eigenvalue weighted by Gasteiger charge is 2.28. The molecular formula is C22H32N4O3. The van der Waals surface area contributed by atoms with E-state index < -0.39 is 0 Å². The van der Waals surface area contributed by atoms with Gasteiger partial charge in [0.25, 0.3) is 0 Å². The number of urea groups is 1. The van der Waals surface area contributed by atoms with Crippen molar-refractivity contribution in [2.45, 2.75) is 58.4 Å². The summed E-state index contributed by atoms with van der Waals surface area (Å²) in [7, 11) is 0. The van der Waals surface area contributed by atoms with E-state index in [0.29, 0.717) is 31.7 Å². The average molecular weight is 401 g/mol. The SMILES string of the molecule is CCC(CC)C(=O)N1CCC(NC(=O)Nc2ccccc2N2CCCC2=O)CC1. The minimum Gasteiger partial charge on any atom is -0.342 e. The zero-order chi connectivity index (χ0) is 20.8. The van der Waals surface area contributed by atoms with Crippen LogP contribution < -0.4 is 15.5 Å². The van der Waals surface area contributed by atoms with E-state index in [1.165, 1.54) is 0 Å². The molecule has 0 unspecified atom stereocenters. The molecule has 7 heteroatoms. The number of likely N-dealkylation sites (tertiary alicyclic amines) is 1. The highest BCUT2D eigenvalue weighted by atomic mass is 16.2. The Labute approximate surface area is 172 Å². The minimum atomic E-state index is -0.270. The summed E-state index contributed by atoms with van der Waals surface area (Å²) in [5, 5.41) is 5.92. The number of amides is 4. The second kappa shape index (κ2) is 9.76. The molecule has 1 aromatic carbocycles. The van der Waals surface area contributed by atoms with E-state index in [0.717, 1.165) is 37.8 Å². The highest BCUT2D eigenvalue weighted by Crippen LogP contribution is 2.29. The molecule has 0 atom stereocenters. The van der Waals surface area contributed by atoms with Crippen molar-refractivity contribution >= 4 is 29.2 Å². The van der Waals surface area contributed by atoms with Crippen molar-refractivity contribution < 1.29 is 14.4 Å². The maximum Gasteiger partial charge on any atom is 0.319 e. The number of benzene rings is 1. The first-order valence-corrected chi connectivity index (χ1v) is 10.8. The Bertz CT molecular complexity index is 739. The number of nitrogens with one attached hydrogen (secondary N) is 2. The number of para-hydroxylation sites is 2. The molecule has 158 valence electrons. The summed E-state index contributed by atoms with van der Waals surface area (Å²) in [6.45, 7) is 6.15. The summed E-state index contributed by atoms with van der Waals surface area (Å²) in [5.41, 5.74) is 1.39. The van der Waals surface area contributed by atoms with Crippen LogP contribution in [-0.2, 0) is 9.59 Å². The second-order valence-electron chi connectivity index (χ2n) is 7.88. The smallest absolute Gasteiger partial charge is 0.319 e. The van der Waals surface area contributed by atoms with Crippen LogP contribution in [0.15, 0.2) is 24.3 Å². The lowest BCUT2D eigenvalue weighted by molar-refractivity contribution is -0.136. The molecule has 0 spiro atoms. The number of hydrogen-bond acceptors (Lipinski definition) is 3. The lowest BCUT2D eigenvalue weighted by atomic mass is 9.98. The molecule has 0 bridgehead atoms. The molecule has 3 rings (SSSR count). The number of hydrogen-bond donors (Lipinski definition) is 2. The van der Waals surface area contributed by atoms with Crippen molar-refractivity contribution in [3.8, 4) is 0 Å². The van der Waals surface area contributed by atoms with Gasteiger partial charge in [-0.2, -0.15) is 0 Å². The third-order valence-corrected chi connectivity index (χ3v) is 5.99. The monoisotopic (exact) mass is 400 g/mol. The Morgan fingerprint density at radius 1 is 1.10 bits per heavy atom. The highest BCUT2D eigenvalue weighted by molar-refractivity contribution is 6.01. The summed E-state index contributed by atoms with van der Waals surface area (Å²) < 4.78 is 0. The fraction of sp³-hybridized carbons (Fsp3) is 0.591. The Hall–Kier alpha value is -2.57. The minimum absolute atomic E-state index is 0.0429. The third-order valence-electron chi connectivity index (χ3n) is 5.99. The van der Waals surface area contributed by atoms with Crippen LogP contribution in [0.5, 0.6) is 0 Å². The second-order valence-corrected chi connectivity index (χ2v) is 7.88. The molecule has 2 saturated heterocycles. The van der Waals surface area contributed by atoms with Crippen molar-refractivity contribution in [3.63, 3.8) is 0 Å². The number of anilines is 2. The zero-order valence-electron chi connectivity index (χ0n) is 17.4. The van der Waals surface area contributed by atoms with Gasteiger partial charge >= 0.3 is 6.03 Å². The lowest BCUT2D eigenvalue weighted by Crippen LogP contribution is -2.48. The molecule has 4 amide bonds. The van der Waals surface area contributed by atoms with E-state index >= 15 is 0 Å². The van der Waals surface area contributed by atoms with Gasteiger partial charge in [0.1, 0.15) is 0 Å². The van der Waals surface area contributed by atoms with E-state index in [1.807, 2.05) is 29.2 Å². The summed E-state index contributed by atoms with van der Waals surface area (Å²) >= 11 is 0. The first-order valence-electron chi connectivity index (χ1n) is 10.8. The molecule has 1 aromatic rings. The van der Waals surface area contributed by atoms with Gasteiger partial charge in [-0.3, -0.25) is 9.59 Å². The topological polar surface area (TPSA) is 81.8 Å². The maximum atomic E-state index is 12.5. The van der Waals surface area contributed by atoms with Crippen molar-refractivity contribution in [2.24, 2.45) is 5.92 Å². The van der Waals surface area contributed by atoms with Crippen LogP contribution in [-0.4, -0.2) is 48.4 Å². The third kappa shape index (κ3) is 5.08. The predicted octanol–water partition coefficient (Wildman–Crippen LogP) is 3.36. The van der Waals surface area contributed by atoms with Gasteiger partial charge in [-0.05, 0) is 44.2 Å². The summed E-state index contributed by atoms with van der Waals surface area (Å²) in [6.07, 6.45) is 4.64. The van der Waals surface area contributed by atoms with Crippen LogP contribution in [0.25, 0.3) is 0 Å². The Kier molecular flexibility index (Phi) is 7.12. The Morgan fingerprint density at radius 2 is 1.79 bits per heavy atom. The fourth-order valence-corrected chi connectivity index (χ4v) is 4.20. The van der Waals surface area contributed by atoms with Crippen LogP contribution in [0.2, 0.25) is 0 Å². The van der Waals surface area contributed by atoms with Crippen LogP contribution in [0.4, 0.5) is 16.2 Å². The van der Waals surface area contributed by atoms with E-state index in [9.17, 15) is 14.4 Å². The maximum absolute atomic E-state index is 12.5. The molecule has 2 heterocycles. The Morgan fingerprint density at radius 3 is 2.41 bits per heavy atom. The molecule has 0 radical (unpaired) electrons. The van der Waals surface area contributed by atoms with E-state index in [1.54, 1.807) is 4.90 Å². The summed E-state index contributed by atoms with van der Waals surface area (Å²) in [5.74, 6) is 0.434. The van der Waals surface area contributed by atoms with Crippen LogP contribution >= 0.6 is 0 Å². The van der Waals surface area contributed by atoms with Crippen molar-refractivity contribution in [1.29, 1.82) is 0 Å². The number of piperidine rings is 1. The molecular weight excluding hydrogens is 368 g/mol. The fourth-order valence-electron chi connectivity index (χ4n) is 4.20. The van der Waals surface area contributed by atoms with Gasteiger partial charge in [-0.15, -0.1) is 0 Å². The van der Waals surface area contributed by atoms with Gasteiger partial charge in [0, 0.05) is 38.0 Å². The van der Waals surface area contributed by atoms with Gasteiger partial charge in [0.15, 0.2) is 0 Å². The van der Waals surface area contributed by atoms with Crippen molar-refractivity contribution in [2.75, 3.05) is 29.9 Å². The first kappa shape index (κ1) is 21.1. The Balaban J connectivity index is 1.53. The van der Waals surface area contributed by atoms with Gasteiger partial charge in [-0.1, -0.05) is 26.0 Å². The van der Waals surface area contributed by atoms with Gasteiger partial charge in [-0.25, -0.2) is 4.79 Å². The molecule has 2 aliphatic rings. The number of nitrogens with zero attached hydrogens (tertiary/aromatic N) is 2. The van der Waals surface area contributed by atoms with Crippen molar-refractivity contribution in [3.05, 3.63) is 24.3 Å². The van der Waals surface area contributed by atoms with Gasteiger partial charge in [0.05, 0.1) is 11.4 Å². The molecule has 2 aliphatic heterocycles. The van der Waals surface area contributed by atoms with E-state index in [-0.39, 0.29) is 29.8 Å². The van der Waals surface area contributed by atoms with E-state index in [4.69, 9.17) is 0 Å². The largest absolute Gasteiger partial charge is 0.342 e. The van der Waals surface area contributed by atoms with Gasteiger partial charge < -0.3 is 20.4 Å². The standard InChI is InChI=1S/C22H32N4O3/c1-3-16(4-2)21(28)25-14-11-17(12-15-25)23-22(29)24-18-8-5-6-9-19(18)26-13-7-10-20(26)27/h5-6,8-9,16-17H,3-4,7,10-15H2,1-2H3,(H2,23,24,29).